The lowest BCUT2D eigenvalue weighted by molar-refractivity contribution is -0.128. The molecule has 0 atom stereocenters. The van der Waals surface area contributed by atoms with Crippen molar-refractivity contribution in [1.29, 1.82) is 0 Å². The van der Waals surface area contributed by atoms with E-state index < -0.39 is 5.91 Å². The van der Waals surface area contributed by atoms with E-state index in [0.717, 1.165) is 35.2 Å². The van der Waals surface area contributed by atoms with Crippen LogP contribution >= 0.6 is 11.8 Å². The number of aryl methyl sites for hydroxylation is 1. The van der Waals surface area contributed by atoms with Gasteiger partial charge in [0.25, 0.3) is 0 Å². The van der Waals surface area contributed by atoms with E-state index in [0.29, 0.717) is 24.4 Å². The average molecular weight is 436 g/mol. The number of nitrogens with zero attached hydrogens (tertiary/aromatic N) is 4. The van der Waals surface area contributed by atoms with Crippen LogP contribution in [0.15, 0.2) is 66.1 Å². The molecule has 4 rings (SSSR count). The van der Waals surface area contributed by atoms with Crippen molar-refractivity contribution < 1.29 is 9.59 Å². The highest BCUT2D eigenvalue weighted by Gasteiger charge is 2.22. The molecule has 0 bridgehead atoms. The monoisotopic (exact) mass is 435 g/mol. The Morgan fingerprint density at radius 3 is 2.42 bits per heavy atom. The highest BCUT2D eigenvalue weighted by Crippen LogP contribution is 2.23. The highest BCUT2D eigenvalue weighted by atomic mass is 32.2. The molecule has 0 radical (unpaired) electrons. The molecule has 31 heavy (non-hydrogen) atoms. The number of piperazine rings is 1. The smallest absolute Gasteiger partial charge is 0.248 e. The van der Waals surface area contributed by atoms with Crippen LogP contribution in [0.2, 0.25) is 0 Å². The Morgan fingerprint density at radius 1 is 1.03 bits per heavy atom. The minimum absolute atomic E-state index is 0.119. The number of benzene rings is 2. The average Bonchev–Trinajstić information content (AvgIpc) is 3.26. The standard InChI is InChI=1S/C23H25N5O2S/c1-17-4-2-3-5-20(17)28-11-10-25-23(28)31-16-21(29)27-14-12-26(13-15-27)19-8-6-18(7-9-19)22(24)30/h2-11H,12-16H2,1H3,(H2,24,30). The van der Waals surface area contributed by atoms with Crippen LogP contribution in [0.3, 0.4) is 0 Å². The van der Waals surface area contributed by atoms with Crippen molar-refractivity contribution in [1.82, 2.24) is 14.5 Å². The van der Waals surface area contributed by atoms with Crippen LogP contribution in [-0.2, 0) is 4.79 Å². The van der Waals surface area contributed by atoms with E-state index in [4.69, 9.17) is 5.73 Å². The Hall–Kier alpha value is -3.26. The Bertz CT molecular complexity index is 1070. The lowest BCUT2D eigenvalue weighted by atomic mass is 10.1. The number of imidazole rings is 1. The van der Waals surface area contributed by atoms with Crippen LogP contribution in [0.1, 0.15) is 15.9 Å². The normalized spacial score (nSPS) is 14.0. The fraction of sp³-hybridized carbons (Fsp3) is 0.261. The van der Waals surface area contributed by atoms with Gasteiger partial charge in [0.1, 0.15) is 0 Å². The number of carbonyl (C=O) groups is 2. The molecule has 2 heterocycles. The summed E-state index contributed by atoms with van der Waals surface area (Å²) in [6.07, 6.45) is 3.69. The molecule has 0 aliphatic carbocycles. The van der Waals surface area contributed by atoms with E-state index in [1.54, 1.807) is 18.3 Å². The predicted molar refractivity (Wildman–Crippen MR) is 123 cm³/mol. The zero-order chi connectivity index (χ0) is 21.8. The summed E-state index contributed by atoms with van der Waals surface area (Å²) < 4.78 is 2.03. The Kier molecular flexibility index (Phi) is 6.27. The first-order chi connectivity index (χ1) is 15.0. The maximum atomic E-state index is 12.8. The second-order valence-electron chi connectivity index (χ2n) is 7.43. The quantitative estimate of drug-likeness (QED) is 0.602. The van der Waals surface area contributed by atoms with Gasteiger partial charge in [-0.05, 0) is 42.8 Å². The molecule has 0 saturated carbocycles. The SMILES string of the molecule is Cc1ccccc1-n1ccnc1SCC(=O)N1CCN(c2ccc(C(N)=O)cc2)CC1. The van der Waals surface area contributed by atoms with Gasteiger partial charge < -0.3 is 15.5 Å². The minimum Gasteiger partial charge on any atom is -0.368 e. The summed E-state index contributed by atoms with van der Waals surface area (Å²) in [5, 5.41) is 0.816. The van der Waals surface area contributed by atoms with Crippen molar-refractivity contribution in [2.24, 2.45) is 5.73 Å². The molecule has 160 valence electrons. The molecule has 2 amide bonds. The molecular formula is C23H25N5O2S. The van der Waals surface area contributed by atoms with Crippen LogP contribution in [0.5, 0.6) is 0 Å². The van der Waals surface area contributed by atoms with Crippen LogP contribution < -0.4 is 10.6 Å². The molecule has 2 N–H and O–H groups in total. The van der Waals surface area contributed by atoms with E-state index in [9.17, 15) is 9.59 Å². The number of nitrogens with two attached hydrogens (primary N) is 1. The third-order valence-electron chi connectivity index (χ3n) is 5.46. The van der Waals surface area contributed by atoms with Gasteiger partial charge in [0, 0.05) is 49.8 Å². The number of anilines is 1. The molecule has 1 fully saturated rings. The number of carbonyl (C=O) groups excluding carboxylic acids is 2. The van der Waals surface area contributed by atoms with Gasteiger partial charge in [-0.25, -0.2) is 4.98 Å². The molecular weight excluding hydrogens is 410 g/mol. The van der Waals surface area contributed by atoms with Crippen molar-refractivity contribution in [2.75, 3.05) is 36.8 Å². The topological polar surface area (TPSA) is 84.5 Å². The molecule has 1 aliphatic heterocycles. The Labute approximate surface area is 185 Å². The summed E-state index contributed by atoms with van der Waals surface area (Å²) in [6.45, 7) is 4.91. The van der Waals surface area contributed by atoms with Gasteiger partial charge in [-0.2, -0.15) is 0 Å². The first kappa shape index (κ1) is 21.0. The zero-order valence-electron chi connectivity index (χ0n) is 17.4. The number of rotatable bonds is 6. The summed E-state index contributed by atoms with van der Waals surface area (Å²) in [7, 11) is 0. The number of hydrogen-bond acceptors (Lipinski definition) is 5. The van der Waals surface area contributed by atoms with Crippen molar-refractivity contribution in [3.8, 4) is 5.69 Å². The van der Waals surface area contributed by atoms with Crippen LogP contribution in [0, 0.1) is 6.92 Å². The fourth-order valence-electron chi connectivity index (χ4n) is 3.68. The van der Waals surface area contributed by atoms with Gasteiger partial charge in [-0.15, -0.1) is 0 Å². The van der Waals surface area contributed by atoms with E-state index in [-0.39, 0.29) is 5.91 Å². The molecule has 0 unspecified atom stereocenters. The van der Waals surface area contributed by atoms with Gasteiger partial charge in [0.05, 0.1) is 11.4 Å². The summed E-state index contributed by atoms with van der Waals surface area (Å²) in [5.74, 6) is 0.0477. The number of hydrogen-bond donors (Lipinski definition) is 1. The molecule has 7 nitrogen and oxygen atoms in total. The van der Waals surface area contributed by atoms with Gasteiger partial charge in [0.15, 0.2) is 5.16 Å². The van der Waals surface area contributed by atoms with Crippen molar-refractivity contribution in [3.05, 3.63) is 72.1 Å². The van der Waals surface area contributed by atoms with Crippen molar-refractivity contribution in [3.63, 3.8) is 0 Å². The summed E-state index contributed by atoms with van der Waals surface area (Å²) >= 11 is 1.46. The molecule has 0 spiro atoms. The zero-order valence-corrected chi connectivity index (χ0v) is 18.2. The number of para-hydroxylation sites is 1. The summed E-state index contributed by atoms with van der Waals surface area (Å²) in [6, 6.07) is 15.4. The van der Waals surface area contributed by atoms with Gasteiger partial charge in [-0.1, -0.05) is 30.0 Å². The summed E-state index contributed by atoms with van der Waals surface area (Å²) in [4.78, 5) is 32.6. The second kappa shape index (κ2) is 9.26. The van der Waals surface area contributed by atoms with E-state index >= 15 is 0 Å². The number of amides is 2. The van der Waals surface area contributed by atoms with Crippen molar-refractivity contribution in [2.45, 2.75) is 12.1 Å². The largest absolute Gasteiger partial charge is 0.368 e. The third-order valence-corrected chi connectivity index (χ3v) is 6.41. The molecule has 2 aromatic carbocycles. The molecule has 1 aromatic heterocycles. The summed E-state index contributed by atoms with van der Waals surface area (Å²) in [5.41, 5.74) is 9.07. The highest BCUT2D eigenvalue weighted by molar-refractivity contribution is 7.99. The van der Waals surface area contributed by atoms with Crippen LogP contribution in [0.4, 0.5) is 5.69 Å². The fourth-order valence-corrected chi connectivity index (χ4v) is 4.55. The van der Waals surface area contributed by atoms with E-state index in [2.05, 4.69) is 28.9 Å². The number of thioether (sulfide) groups is 1. The Balaban J connectivity index is 1.32. The molecule has 1 aliphatic rings. The molecule has 8 heteroatoms. The van der Waals surface area contributed by atoms with E-state index in [1.807, 2.05) is 39.9 Å². The Morgan fingerprint density at radius 2 is 1.74 bits per heavy atom. The molecule has 1 saturated heterocycles. The van der Waals surface area contributed by atoms with Gasteiger partial charge in [0.2, 0.25) is 11.8 Å². The first-order valence-corrected chi connectivity index (χ1v) is 11.2. The van der Waals surface area contributed by atoms with Gasteiger partial charge in [-0.3, -0.25) is 14.2 Å². The molecule has 3 aromatic rings. The van der Waals surface area contributed by atoms with E-state index in [1.165, 1.54) is 11.8 Å². The maximum absolute atomic E-state index is 12.8. The minimum atomic E-state index is -0.428. The lowest BCUT2D eigenvalue weighted by Crippen LogP contribution is -2.49. The lowest BCUT2D eigenvalue weighted by Gasteiger charge is -2.36. The second-order valence-corrected chi connectivity index (χ2v) is 8.38. The number of primary amides is 1. The van der Waals surface area contributed by atoms with Crippen LogP contribution in [-0.4, -0.2) is 58.2 Å². The maximum Gasteiger partial charge on any atom is 0.248 e. The van der Waals surface area contributed by atoms with Gasteiger partial charge >= 0.3 is 0 Å². The predicted octanol–water partition coefficient (Wildman–Crippen LogP) is 2.72. The van der Waals surface area contributed by atoms with Crippen LogP contribution in [0.25, 0.3) is 5.69 Å². The first-order valence-electron chi connectivity index (χ1n) is 10.2. The number of aromatic nitrogens is 2. The third kappa shape index (κ3) is 4.74. The van der Waals surface area contributed by atoms with Crippen molar-refractivity contribution >= 4 is 29.3 Å².